The summed E-state index contributed by atoms with van der Waals surface area (Å²) in [6, 6.07) is 16.0. The van der Waals surface area contributed by atoms with Crippen molar-refractivity contribution in [3.8, 4) is 0 Å². The number of hydrogen-bond acceptors (Lipinski definition) is 4. The molecule has 1 aromatic carbocycles. The molecule has 25 heavy (non-hydrogen) atoms. The van der Waals surface area contributed by atoms with Crippen molar-refractivity contribution in [3.05, 3.63) is 60.3 Å². The first-order chi connectivity index (χ1) is 12.1. The lowest BCUT2D eigenvalue weighted by Crippen LogP contribution is -2.46. The molecule has 1 aromatic heterocycles. The molecule has 1 saturated heterocycles. The molecule has 0 N–H and O–H groups in total. The van der Waals surface area contributed by atoms with Crippen LogP contribution in [0.1, 0.15) is 18.4 Å². The molecule has 0 atom stereocenters. The topological polar surface area (TPSA) is 53.5 Å². The van der Waals surface area contributed by atoms with Gasteiger partial charge in [0.25, 0.3) is 0 Å². The van der Waals surface area contributed by atoms with E-state index < -0.39 is 10.0 Å². The van der Waals surface area contributed by atoms with Gasteiger partial charge in [-0.1, -0.05) is 36.4 Å². The zero-order valence-electron chi connectivity index (χ0n) is 14.6. The molecule has 1 aliphatic heterocycles. The number of nitrogens with zero attached hydrogens (tertiary/aromatic N) is 3. The summed E-state index contributed by atoms with van der Waals surface area (Å²) in [5.74, 6) is 1.12. The van der Waals surface area contributed by atoms with Gasteiger partial charge in [-0.15, -0.1) is 0 Å². The van der Waals surface area contributed by atoms with Crippen LogP contribution in [-0.4, -0.2) is 49.6 Å². The second kappa shape index (κ2) is 7.97. The molecule has 134 valence electrons. The van der Waals surface area contributed by atoms with E-state index >= 15 is 0 Å². The maximum Gasteiger partial charge on any atom is 0.214 e. The molecule has 0 saturated carbocycles. The Morgan fingerprint density at radius 2 is 1.76 bits per heavy atom. The fourth-order valence-corrected chi connectivity index (χ4v) is 4.80. The molecule has 0 amide bonds. The average Bonchev–Trinajstić information content (AvgIpc) is 2.67. The van der Waals surface area contributed by atoms with Crippen LogP contribution in [0.2, 0.25) is 0 Å². The zero-order chi connectivity index (χ0) is 17.7. The van der Waals surface area contributed by atoms with Gasteiger partial charge in [-0.25, -0.2) is 17.7 Å². The van der Waals surface area contributed by atoms with Crippen LogP contribution in [-0.2, 0) is 16.4 Å². The first kappa shape index (κ1) is 17.9. The van der Waals surface area contributed by atoms with Gasteiger partial charge in [0.05, 0.1) is 5.75 Å². The molecular formula is C19H25N3O2S. The van der Waals surface area contributed by atoms with E-state index in [1.54, 1.807) is 10.5 Å². The molecule has 0 radical (unpaired) electrons. The van der Waals surface area contributed by atoms with Gasteiger partial charge in [-0.05, 0) is 37.0 Å². The van der Waals surface area contributed by atoms with Crippen LogP contribution >= 0.6 is 0 Å². The van der Waals surface area contributed by atoms with Crippen LogP contribution in [0.4, 0.5) is 5.82 Å². The minimum Gasteiger partial charge on any atom is -0.357 e. The minimum atomic E-state index is -3.20. The molecule has 2 aromatic rings. The standard InChI is InChI=1S/C19H25N3O2S/c1-21(19-9-5-6-13-20-19)18-10-14-22(15-11-18)25(23,24)16-12-17-7-3-2-4-8-17/h2-9,13,18H,10-12,14-16H2,1H3. The lowest BCUT2D eigenvalue weighted by Gasteiger charge is -2.36. The SMILES string of the molecule is CN(c1ccccn1)C1CCN(S(=O)(=O)CCc2ccccc2)CC1. The van der Waals surface area contributed by atoms with E-state index in [1.165, 1.54) is 0 Å². The summed E-state index contributed by atoms with van der Waals surface area (Å²) in [7, 11) is -1.16. The van der Waals surface area contributed by atoms with Crippen molar-refractivity contribution in [2.75, 3.05) is 30.8 Å². The quantitative estimate of drug-likeness (QED) is 0.795. The number of rotatable bonds is 6. The summed E-state index contributed by atoms with van der Waals surface area (Å²) in [6.45, 7) is 1.16. The van der Waals surface area contributed by atoms with Crippen LogP contribution in [0.5, 0.6) is 0 Å². The Labute approximate surface area is 150 Å². The van der Waals surface area contributed by atoms with Gasteiger partial charge < -0.3 is 4.90 Å². The largest absolute Gasteiger partial charge is 0.357 e. The van der Waals surface area contributed by atoms with E-state index in [0.29, 0.717) is 25.6 Å². The smallest absolute Gasteiger partial charge is 0.214 e. The number of sulfonamides is 1. The van der Waals surface area contributed by atoms with Crippen molar-refractivity contribution in [1.82, 2.24) is 9.29 Å². The molecule has 0 spiro atoms. The summed E-state index contributed by atoms with van der Waals surface area (Å²) < 4.78 is 26.9. The van der Waals surface area contributed by atoms with Gasteiger partial charge in [0.15, 0.2) is 0 Å². The Hall–Kier alpha value is -1.92. The molecule has 6 heteroatoms. The second-order valence-corrected chi connectivity index (χ2v) is 8.57. The van der Waals surface area contributed by atoms with Crippen LogP contribution in [0, 0.1) is 0 Å². The highest BCUT2D eigenvalue weighted by Crippen LogP contribution is 2.22. The first-order valence-corrected chi connectivity index (χ1v) is 10.3. The molecule has 3 rings (SSSR count). The van der Waals surface area contributed by atoms with Crippen molar-refractivity contribution in [2.45, 2.75) is 25.3 Å². The van der Waals surface area contributed by atoms with Crippen molar-refractivity contribution in [2.24, 2.45) is 0 Å². The summed E-state index contributed by atoms with van der Waals surface area (Å²) in [6.07, 6.45) is 4.02. The number of piperidine rings is 1. The number of pyridine rings is 1. The molecule has 0 unspecified atom stereocenters. The van der Waals surface area contributed by atoms with Gasteiger partial charge in [-0.3, -0.25) is 0 Å². The maximum absolute atomic E-state index is 12.6. The van der Waals surface area contributed by atoms with Gasteiger partial charge in [0.2, 0.25) is 10.0 Å². The molecule has 0 bridgehead atoms. The molecule has 1 aliphatic rings. The van der Waals surface area contributed by atoms with Crippen LogP contribution in [0.15, 0.2) is 54.7 Å². The van der Waals surface area contributed by atoms with E-state index in [9.17, 15) is 8.42 Å². The van der Waals surface area contributed by atoms with E-state index in [1.807, 2.05) is 55.6 Å². The monoisotopic (exact) mass is 359 g/mol. The summed E-state index contributed by atoms with van der Waals surface area (Å²) in [5.41, 5.74) is 1.07. The number of benzene rings is 1. The minimum absolute atomic E-state index is 0.178. The molecule has 1 fully saturated rings. The summed E-state index contributed by atoms with van der Waals surface area (Å²) in [5, 5.41) is 0. The maximum atomic E-state index is 12.6. The van der Waals surface area contributed by atoms with Crippen molar-refractivity contribution in [1.29, 1.82) is 0 Å². The Morgan fingerprint density at radius 1 is 1.08 bits per heavy atom. The molecular weight excluding hydrogens is 334 g/mol. The number of anilines is 1. The van der Waals surface area contributed by atoms with E-state index in [-0.39, 0.29) is 5.75 Å². The Balaban J connectivity index is 1.54. The Morgan fingerprint density at radius 3 is 2.40 bits per heavy atom. The lowest BCUT2D eigenvalue weighted by molar-refractivity contribution is 0.314. The fourth-order valence-electron chi connectivity index (χ4n) is 3.28. The van der Waals surface area contributed by atoms with Crippen molar-refractivity contribution >= 4 is 15.8 Å². The highest BCUT2D eigenvalue weighted by atomic mass is 32.2. The van der Waals surface area contributed by atoms with Gasteiger partial charge >= 0.3 is 0 Å². The number of hydrogen-bond donors (Lipinski definition) is 0. The predicted molar refractivity (Wildman–Crippen MR) is 101 cm³/mol. The third-order valence-electron chi connectivity index (χ3n) is 4.87. The molecule has 5 nitrogen and oxygen atoms in total. The molecule has 0 aliphatic carbocycles. The van der Waals surface area contributed by atoms with E-state index in [2.05, 4.69) is 9.88 Å². The normalized spacial score (nSPS) is 16.7. The lowest BCUT2D eigenvalue weighted by atomic mass is 10.1. The third kappa shape index (κ3) is 4.58. The van der Waals surface area contributed by atoms with Crippen LogP contribution in [0.25, 0.3) is 0 Å². The fraction of sp³-hybridized carbons (Fsp3) is 0.421. The summed E-state index contributed by atoms with van der Waals surface area (Å²) in [4.78, 5) is 6.54. The van der Waals surface area contributed by atoms with E-state index in [0.717, 1.165) is 24.2 Å². The van der Waals surface area contributed by atoms with Gasteiger partial charge in [-0.2, -0.15) is 0 Å². The Bertz CT molecular complexity index is 758. The number of aryl methyl sites for hydroxylation is 1. The van der Waals surface area contributed by atoms with Gasteiger partial charge in [0, 0.05) is 32.4 Å². The number of aromatic nitrogens is 1. The van der Waals surface area contributed by atoms with Crippen LogP contribution < -0.4 is 4.90 Å². The third-order valence-corrected chi connectivity index (χ3v) is 6.74. The average molecular weight is 359 g/mol. The van der Waals surface area contributed by atoms with Crippen molar-refractivity contribution < 1.29 is 8.42 Å². The van der Waals surface area contributed by atoms with Crippen molar-refractivity contribution in [3.63, 3.8) is 0 Å². The predicted octanol–water partition coefficient (Wildman–Crippen LogP) is 2.55. The Kier molecular flexibility index (Phi) is 5.71. The zero-order valence-corrected chi connectivity index (χ0v) is 15.4. The second-order valence-electron chi connectivity index (χ2n) is 6.48. The highest BCUT2D eigenvalue weighted by Gasteiger charge is 2.29. The first-order valence-electron chi connectivity index (χ1n) is 8.72. The van der Waals surface area contributed by atoms with E-state index in [4.69, 9.17) is 0 Å². The van der Waals surface area contributed by atoms with Crippen LogP contribution in [0.3, 0.4) is 0 Å². The van der Waals surface area contributed by atoms with Gasteiger partial charge in [0.1, 0.15) is 5.82 Å². The summed E-state index contributed by atoms with van der Waals surface area (Å²) >= 11 is 0. The highest BCUT2D eigenvalue weighted by molar-refractivity contribution is 7.89. The molecule has 2 heterocycles.